The Kier molecular flexibility index (Phi) is 21.5. The van der Waals surface area contributed by atoms with Crippen molar-refractivity contribution in [3.05, 3.63) is 101 Å². The third-order valence-electron chi connectivity index (χ3n) is 20.0. The van der Waals surface area contributed by atoms with E-state index >= 15 is 0 Å². The van der Waals surface area contributed by atoms with E-state index in [4.69, 9.17) is 29.4 Å². The molecule has 30 nitrogen and oxygen atoms in total. The molecule has 4 aromatic heterocycles. The van der Waals surface area contributed by atoms with Crippen molar-refractivity contribution in [2.45, 2.75) is 193 Å². The number of hydrogen-bond acceptors (Lipinski definition) is 21. The summed E-state index contributed by atoms with van der Waals surface area (Å²) in [5.74, 6) is -7.66. The Morgan fingerprint density at radius 2 is 1.52 bits per heavy atom. The zero-order chi connectivity index (χ0) is 72.5. The third kappa shape index (κ3) is 16.6. The zero-order valence-electron chi connectivity index (χ0n) is 57.0. The van der Waals surface area contributed by atoms with Crippen molar-refractivity contribution in [3.63, 3.8) is 0 Å². The van der Waals surface area contributed by atoms with Crippen LogP contribution in [0.1, 0.15) is 149 Å². The number of anilines is 3. The number of pyridine rings is 1. The Balaban J connectivity index is 0.709. The van der Waals surface area contributed by atoms with Crippen molar-refractivity contribution in [1.82, 2.24) is 45.2 Å². The second kappa shape index (κ2) is 29.7. The average Bonchev–Trinajstić information content (AvgIpc) is 0.966. The number of aryl methyl sites for hydroxylation is 1. The van der Waals surface area contributed by atoms with Crippen LogP contribution in [0, 0.1) is 29.1 Å². The standard InChI is InChI=1S/C70H86N12O18S/c1-37(2)54(78-51(84)26-71-50(83)19-20-52(85)86)62(92)74-38(3)61(91)75-42-15-13-41(40(24-42)14-17-47-57(88)58(89)59(90)60(100-47)65(96)97)28-98-53(87)12-9-23-99-70-32-67(5)29-68(6,33-70)31-69(30-67,34-70)35-82-39(4)44(25-73-82)43-16-18-49(77-55(43)64(94)95)80-21-22-81-36-72-56(46(81)27-80)63(93)79-66-76-45-10-7-8-11-48(45)101-66/h7-8,10-11,13,15-16,18,24-25,36-38,47,54,57-60,88-90H,9,12,14,17,19-23,26-35H2,1-6H3,(H,71,83)(H,74,92)(H,75,91)(H,78,84)(H,85,86)(H,94,95)(H,96,97)(H,76,79,93)/t38-,47-,54-,57-,58+,59-,60-,67?,68?,69?,70?/m0/s1. The molecule has 101 heavy (non-hydrogen) atoms. The number of nitrogens with zero attached hydrogens (tertiary/aromatic N) is 7. The minimum atomic E-state index is -1.91. The highest BCUT2D eigenvalue weighted by atomic mass is 32.1. The van der Waals surface area contributed by atoms with E-state index in [0.29, 0.717) is 65.0 Å². The molecular formula is C70H86N12O18S. The Morgan fingerprint density at radius 3 is 2.24 bits per heavy atom. The number of thiazole rings is 1. The molecule has 540 valence electrons. The van der Waals surface area contributed by atoms with E-state index in [1.54, 1.807) is 56.7 Å². The molecule has 2 aromatic carbocycles. The molecular weight excluding hydrogens is 1330 g/mol. The number of para-hydroxylation sites is 1. The number of aromatic carboxylic acids is 1. The van der Waals surface area contributed by atoms with Crippen LogP contribution in [0.3, 0.4) is 0 Å². The lowest BCUT2D eigenvalue weighted by Crippen LogP contribution is -2.64. The van der Waals surface area contributed by atoms with Crippen LogP contribution in [0.25, 0.3) is 21.3 Å². The zero-order valence-corrected chi connectivity index (χ0v) is 57.8. The van der Waals surface area contributed by atoms with Gasteiger partial charge in [0.25, 0.3) is 5.91 Å². The molecule has 5 amide bonds. The highest BCUT2D eigenvalue weighted by molar-refractivity contribution is 7.22. The predicted octanol–water partition coefficient (Wildman–Crippen LogP) is 5.12. The summed E-state index contributed by atoms with van der Waals surface area (Å²) < 4.78 is 23.2. The molecule has 2 aliphatic heterocycles. The van der Waals surface area contributed by atoms with E-state index in [-0.39, 0.29) is 78.8 Å². The molecule has 4 bridgehead atoms. The minimum absolute atomic E-state index is 0.00742. The summed E-state index contributed by atoms with van der Waals surface area (Å²) in [5, 5.41) is 79.4. The Labute approximate surface area is 584 Å². The molecule has 31 heteroatoms. The van der Waals surface area contributed by atoms with Crippen LogP contribution in [0.2, 0.25) is 0 Å². The van der Waals surface area contributed by atoms with Gasteiger partial charge in [-0.15, -0.1) is 0 Å². The van der Waals surface area contributed by atoms with Gasteiger partial charge in [-0.25, -0.2) is 24.5 Å². The predicted molar refractivity (Wildman–Crippen MR) is 364 cm³/mol. The average molecular weight is 1420 g/mol. The number of aliphatic hydroxyl groups is 3. The molecule has 0 radical (unpaired) electrons. The van der Waals surface area contributed by atoms with Crippen molar-refractivity contribution < 1.29 is 88.0 Å². The van der Waals surface area contributed by atoms with Crippen LogP contribution in [0.5, 0.6) is 0 Å². The normalized spacial score (nSPS) is 24.9. The molecule has 6 aromatic rings. The first-order valence-corrected chi connectivity index (χ1v) is 34.7. The number of hydrogen-bond donors (Lipinski definition) is 11. The second-order valence-electron chi connectivity index (χ2n) is 28.9. The molecule has 6 heterocycles. The van der Waals surface area contributed by atoms with E-state index in [0.717, 1.165) is 54.4 Å². The number of fused-ring (bicyclic) bond motifs is 2. The van der Waals surface area contributed by atoms with Gasteiger partial charge in [-0.3, -0.25) is 43.6 Å². The van der Waals surface area contributed by atoms with Crippen LogP contribution in [-0.2, 0) is 80.4 Å². The molecule has 4 saturated carbocycles. The van der Waals surface area contributed by atoms with Gasteiger partial charge in [0.1, 0.15) is 42.8 Å². The number of benzene rings is 2. The number of rotatable bonds is 29. The Morgan fingerprint density at radius 1 is 0.772 bits per heavy atom. The van der Waals surface area contributed by atoms with Crippen LogP contribution >= 0.6 is 11.3 Å². The third-order valence-corrected chi connectivity index (χ3v) is 21.0. The minimum Gasteiger partial charge on any atom is -0.481 e. The molecule has 1 saturated heterocycles. The van der Waals surface area contributed by atoms with Gasteiger partial charge in [0.15, 0.2) is 22.6 Å². The topological polar surface area (TPSA) is 428 Å². The summed E-state index contributed by atoms with van der Waals surface area (Å²) >= 11 is 1.37. The quantitative estimate of drug-likeness (QED) is 0.0214. The maximum Gasteiger partial charge on any atom is 0.355 e. The van der Waals surface area contributed by atoms with Gasteiger partial charge in [-0.1, -0.05) is 57.2 Å². The number of carboxylic acids is 3. The smallest absolute Gasteiger partial charge is 0.355 e. The van der Waals surface area contributed by atoms with Gasteiger partial charge in [-0.2, -0.15) is 5.10 Å². The molecule has 12 rings (SSSR count). The van der Waals surface area contributed by atoms with E-state index < -0.39 is 121 Å². The molecule has 9 atom stereocenters. The van der Waals surface area contributed by atoms with Crippen molar-refractivity contribution in [2.24, 2.45) is 22.2 Å². The molecule has 0 spiro atoms. The summed E-state index contributed by atoms with van der Waals surface area (Å²) in [6.45, 7) is 12.7. The highest BCUT2D eigenvalue weighted by Crippen LogP contribution is 2.72. The van der Waals surface area contributed by atoms with E-state index in [1.807, 2.05) is 45.3 Å². The molecule has 2 unspecified atom stereocenters. The molecule has 6 aliphatic rings. The highest BCUT2D eigenvalue weighted by Gasteiger charge is 2.66. The number of carboxylic acid groups (broad SMARTS) is 3. The summed E-state index contributed by atoms with van der Waals surface area (Å²) in [7, 11) is 0. The number of amides is 5. The van der Waals surface area contributed by atoms with Crippen molar-refractivity contribution in [2.75, 3.05) is 35.2 Å². The number of esters is 1. The number of aliphatic carboxylic acids is 2. The van der Waals surface area contributed by atoms with E-state index in [9.17, 15) is 68.7 Å². The first-order valence-electron chi connectivity index (χ1n) is 33.9. The van der Waals surface area contributed by atoms with Crippen LogP contribution < -0.4 is 31.5 Å². The van der Waals surface area contributed by atoms with Crippen molar-refractivity contribution >= 4 is 91.6 Å². The Hall–Kier alpha value is -9.27. The summed E-state index contributed by atoms with van der Waals surface area (Å²) in [5.41, 5.74) is 3.83. The number of carbonyl (C=O) groups excluding carboxylic acids is 6. The fourth-order valence-electron chi connectivity index (χ4n) is 16.4. The second-order valence-corrected chi connectivity index (χ2v) is 29.9. The van der Waals surface area contributed by atoms with Crippen molar-refractivity contribution in [3.8, 4) is 11.1 Å². The van der Waals surface area contributed by atoms with Crippen LogP contribution in [-0.4, -0.2) is 181 Å². The molecule has 5 fully saturated rings. The van der Waals surface area contributed by atoms with Crippen LogP contribution in [0.4, 0.5) is 16.6 Å². The Bertz CT molecular complexity index is 4140. The SMILES string of the molecule is Cc1c(-c2ccc(N3CCn4cnc(C(=O)Nc5nc6ccccc6s5)c4C3)nc2C(=O)O)cnn1CC12CC3(C)CC(C)(C1)CC(OCCCC(=O)OCc1ccc(NC(=O)[C@H](C)NC(=O)[C@@H](NC(=O)CNC(=O)CCC(=O)O)C(C)C)cc1CC[C@@H]1O[C@H](C(=O)O)[C@@H](O)[C@H](O)[C@H]1O)(C3)C2. The largest absolute Gasteiger partial charge is 0.481 e. The number of aliphatic hydroxyl groups excluding tert-OH is 3. The molecule has 11 N–H and O–H groups in total. The number of nitrogens with one attached hydrogen (secondary N) is 5. The van der Waals surface area contributed by atoms with Gasteiger partial charge < -0.3 is 75.6 Å². The van der Waals surface area contributed by atoms with E-state index in [1.165, 1.54) is 18.3 Å². The van der Waals surface area contributed by atoms with Crippen LogP contribution in [0.15, 0.2) is 67.1 Å². The lowest BCUT2D eigenvalue weighted by atomic mass is 9.39. The lowest BCUT2D eigenvalue weighted by molar-refractivity contribution is -0.248. The summed E-state index contributed by atoms with van der Waals surface area (Å²) in [6, 6.07) is 13.6. The summed E-state index contributed by atoms with van der Waals surface area (Å²) in [4.78, 5) is 130. The maximum absolute atomic E-state index is 13.6. The number of ether oxygens (including phenoxy) is 3. The van der Waals surface area contributed by atoms with Gasteiger partial charge >= 0.3 is 23.9 Å². The number of aromatic nitrogens is 6. The lowest BCUT2D eigenvalue weighted by Gasteiger charge is -2.69. The number of carbonyl (C=O) groups is 9. The fraction of sp³-hybridized carbons (Fsp3) is 0.529. The maximum atomic E-state index is 13.6. The van der Waals surface area contributed by atoms with Gasteiger partial charge in [0.05, 0.1) is 59.7 Å². The number of imidazole rings is 1. The van der Waals surface area contributed by atoms with Gasteiger partial charge in [0.2, 0.25) is 23.6 Å². The van der Waals surface area contributed by atoms with Gasteiger partial charge in [-0.05, 0) is 141 Å². The van der Waals surface area contributed by atoms with Crippen molar-refractivity contribution in [1.29, 1.82) is 0 Å². The first-order chi connectivity index (χ1) is 47.9. The first kappa shape index (κ1) is 73.0. The molecule has 4 aliphatic carbocycles. The monoisotopic (exact) mass is 1410 g/mol. The fourth-order valence-corrected chi connectivity index (χ4v) is 17.3. The van der Waals surface area contributed by atoms with Gasteiger partial charge in [0, 0.05) is 61.6 Å². The van der Waals surface area contributed by atoms with E-state index in [2.05, 4.69) is 50.4 Å². The summed E-state index contributed by atoms with van der Waals surface area (Å²) in [6.07, 6.45) is -0.317.